The van der Waals surface area contributed by atoms with Crippen LogP contribution in [0.5, 0.6) is 0 Å². The van der Waals surface area contributed by atoms with E-state index < -0.39 is 5.97 Å². The van der Waals surface area contributed by atoms with E-state index in [0.29, 0.717) is 16.3 Å². The van der Waals surface area contributed by atoms with Gasteiger partial charge in [-0.2, -0.15) is 0 Å². The van der Waals surface area contributed by atoms with Gasteiger partial charge in [-0.3, -0.25) is 4.79 Å². The number of pyridine rings is 1. The number of carboxylic acid groups (broad SMARTS) is 1. The Bertz CT molecular complexity index is 1190. The van der Waals surface area contributed by atoms with Crippen LogP contribution in [0.15, 0.2) is 53.5 Å². The molecule has 6 nitrogen and oxygen atoms in total. The maximum absolute atomic E-state index is 12.2. The van der Waals surface area contributed by atoms with E-state index in [1.165, 1.54) is 6.20 Å². The fourth-order valence-corrected chi connectivity index (χ4v) is 3.12. The Morgan fingerprint density at radius 2 is 1.88 bits per heavy atom. The summed E-state index contributed by atoms with van der Waals surface area (Å²) in [5.41, 5.74) is 3.08. The normalized spacial score (nSPS) is 11.2. The zero-order valence-electron chi connectivity index (χ0n) is 13.0. The molecule has 0 spiro atoms. The predicted octanol–water partition coefficient (Wildman–Crippen LogP) is 2.87. The largest absolute Gasteiger partial charge is 0.478 e. The van der Waals surface area contributed by atoms with E-state index in [4.69, 9.17) is 0 Å². The number of aromatic carboxylic acids is 1. The lowest BCUT2D eigenvalue weighted by molar-refractivity contribution is 0.0699. The van der Waals surface area contributed by atoms with E-state index in [2.05, 4.69) is 9.97 Å². The van der Waals surface area contributed by atoms with Gasteiger partial charge < -0.3 is 20.2 Å². The molecule has 0 fully saturated rings. The van der Waals surface area contributed by atoms with Crippen LogP contribution in [0.2, 0.25) is 0 Å². The first-order valence-corrected chi connectivity index (χ1v) is 7.69. The molecule has 0 unspecified atom stereocenters. The monoisotopic (exact) mass is 334 g/mol. The Balaban J connectivity index is 2.06. The van der Waals surface area contributed by atoms with Gasteiger partial charge in [-0.05, 0) is 34.9 Å². The third kappa shape index (κ3) is 2.40. The summed E-state index contributed by atoms with van der Waals surface area (Å²) in [6, 6.07) is 12.9. The second-order valence-corrected chi connectivity index (χ2v) is 5.83. The minimum Gasteiger partial charge on any atom is -0.478 e. The van der Waals surface area contributed by atoms with Gasteiger partial charge in [-0.15, -0.1) is 0 Å². The van der Waals surface area contributed by atoms with E-state index >= 15 is 0 Å². The SMILES string of the molecule is O=C(O)c1c[nH]c2c(=O)[nH]c3ccc(-c4cccc(CO)c4)cc3c12. The summed E-state index contributed by atoms with van der Waals surface area (Å²) in [5, 5.41) is 19.8. The first-order valence-electron chi connectivity index (χ1n) is 7.69. The molecular formula is C19H14N2O4. The van der Waals surface area contributed by atoms with Crippen molar-refractivity contribution in [1.82, 2.24) is 9.97 Å². The van der Waals surface area contributed by atoms with E-state index in [1.807, 2.05) is 36.4 Å². The molecule has 2 heterocycles. The van der Waals surface area contributed by atoms with Crippen molar-refractivity contribution < 1.29 is 15.0 Å². The third-order valence-electron chi connectivity index (χ3n) is 4.32. The Morgan fingerprint density at radius 3 is 2.64 bits per heavy atom. The second kappa shape index (κ2) is 5.61. The zero-order chi connectivity index (χ0) is 17.6. The molecule has 0 aliphatic carbocycles. The number of aliphatic hydroxyl groups is 1. The van der Waals surface area contributed by atoms with Gasteiger partial charge in [-0.1, -0.05) is 24.3 Å². The number of hydrogen-bond acceptors (Lipinski definition) is 3. The molecule has 6 heteroatoms. The number of rotatable bonds is 3. The van der Waals surface area contributed by atoms with E-state index in [1.54, 1.807) is 6.07 Å². The number of benzene rings is 2. The molecule has 4 rings (SSSR count). The van der Waals surface area contributed by atoms with Crippen LogP contribution < -0.4 is 5.56 Å². The fourth-order valence-electron chi connectivity index (χ4n) is 3.12. The molecule has 25 heavy (non-hydrogen) atoms. The quantitative estimate of drug-likeness (QED) is 0.462. The Labute approximate surface area is 141 Å². The summed E-state index contributed by atoms with van der Waals surface area (Å²) in [7, 11) is 0. The van der Waals surface area contributed by atoms with Crippen LogP contribution in [0.3, 0.4) is 0 Å². The topological polar surface area (TPSA) is 106 Å². The maximum atomic E-state index is 12.2. The average Bonchev–Trinajstić information content (AvgIpc) is 3.08. The number of aliphatic hydroxyl groups excluding tert-OH is 1. The summed E-state index contributed by atoms with van der Waals surface area (Å²) in [6.45, 7) is -0.0556. The Morgan fingerprint density at radius 1 is 1.08 bits per heavy atom. The maximum Gasteiger partial charge on any atom is 0.337 e. The van der Waals surface area contributed by atoms with E-state index in [9.17, 15) is 19.8 Å². The van der Waals surface area contributed by atoms with Crippen molar-refractivity contribution >= 4 is 27.8 Å². The number of aromatic amines is 2. The van der Waals surface area contributed by atoms with Crippen molar-refractivity contribution in [1.29, 1.82) is 0 Å². The summed E-state index contributed by atoms with van der Waals surface area (Å²) in [6.07, 6.45) is 1.33. The molecule has 4 aromatic rings. The fraction of sp³-hybridized carbons (Fsp3) is 0.0526. The van der Waals surface area contributed by atoms with Gasteiger partial charge in [0.1, 0.15) is 5.52 Å². The molecule has 0 amide bonds. The summed E-state index contributed by atoms with van der Waals surface area (Å²) in [5.74, 6) is -1.09. The van der Waals surface area contributed by atoms with Crippen LogP contribution in [-0.2, 0) is 6.61 Å². The summed E-state index contributed by atoms with van der Waals surface area (Å²) >= 11 is 0. The molecule has 0 saturated heterocycles. The number of H-pyrrole nitrogens is 2. The second-order valence-electron chi connectivity index (χ2n) is 5.83. The number of nitrogens with one attached hydrogen (secondary N) is 2. The Kier molecular flexibility index (Phi) is 3.40. The number of aromatic nitrogens is 2. The van der Waals surface area contributed by atoms with Crippen LogP contribution >= 0.6 is 0 Å². The van der Waals surface area contributed by atoms with Crippen molar-refractivity contribution in [3.63, 3.8) is 0 Å². The lowest BCUT2D eigenvalue weighted by Gasteiger charge is -2.07. The smallest absolute Gasteiger partial charge is 0.337 e. The number of hydrogen-bond donors (Lipinski definition) is 4. The van der Waals surface area contributed by atoms with Gasteiger partial charge in [0, 0.05) is 22.5 Å². The summed E-state index contributed by atoms with van der Waals surface area (Å²) < 4.78 is 0. The molecule has 0 aliphatic rings. The molecule has 0 aliphatic heterocycles. The highest BCUT2D eigenvalue weighted by molar-refractivity contribution is 6.15. The molecule has 2 aromatic carbocycles. The highest BCUT2D eigenvalue weighted by Gasteiger charge is 2.16. The van der Waals surface area contributed by atoms with Crippen molar-refractivity contribution in [2.75, 3.05) is 0 Å². The van der Waals surface area contributed by atoms with Crippen molar-refractivity contribution in [2.24, 2.45) is 0 Å². The predicted molar refractivity (Wildman–Crippen MR) is 94.7 cm³/mol. The van der Waals surface area contributed by atoms with Crippen molar-refractivity contribution in [2.45, 2.75) is 6.61 Å². The van der Waals surface area contributed by atoms with Gasteiger partial charge in [0.05, 0.1) is 12.2 Å². The molecular weight excluding hydrogens is 320 g/mol. The molecule has 0 radical (unpaired) electrons. The molecule has 124 valence electrons. The van der Waals surface area contributed by atoms with Crippen molar-refractivity contribution in [3.8, 4) is 11.1 Å². The van der Waals surface area contributed by atoms with Gasteiger partial charge in [0.2, 0.25) is 0 Å². The van der Waals surface area contributed by atoms with E-state index in [-0.39, 0.29) is 23.2 Å². The highest BCUT2D eigenvalue weighted by Crippen LogP contribution is 2.29. The minimum atomic E-state index is -1.09. The van der Waals surface area contributed by atoms with Crippen LogP contribution in [0.25, 0.3) is 32.9 Å². The van der Waals surface area contributed by atoms with Gasteiger partial charge in [0.25, 0.3) is 5.56 Å². The van der Waals surface area contributed by atoms with Crippen LogP contribution in [0.1, 0.15) is 15.9 Å². The molecule has 2 aromatic heterocycles. The number of fused-ring (bicyclic) bond motifs is 3. The third-order valence-corrected chi connectivity index (χ3v) is 4.32. The molecule has 0 saturated carbocycles. The lowest BCUT2D eigenvalue weighted by atomic mass is 9.99. The van der Waals surface area contributed by atoms with E-state index in [0.717, 1.165) is 16.7 Å². The van der Waals surface area contributed by atoms with Gasteiger partial charge in [-0.25, -0.2) is 4.79 Å². The molecule has 4 N–H and O–H groups in total. The first kappa shape index (κ1) is 15.2. The lowest BCUT2D eigenvalue weighted by Crippen LogP contribution is -2.07. The Hall–Kier alpha value is -3.38. The molecule has 0 atom stereocenters. The number of carboxylic acids is 1. The molecule has 0 bridgehead atoms. The zero-order valence-corrected chi connectivity index (χ0v) is 13.0. The van der Waals surface area contributed by atoms with Gasteiger partial charge >= 0.3 is 5.97 Å². The van der Waals surface area contributed by atoms with Crippen molar-refractivity contribution in [3.05, 3.63) is 70.1 Å². The standard InChI is InChI=1S/C19H14N2O4/c22-9-10-2-1-3-11(6-10)12-4-5-15-13(7-12)16-14(19(24)25)8-20-17(16)18(23)21-15/h1-8,20,22H,9H2,(H,21,23)(H,24,25). The highest BCUT2D eigenvalue weighted by atomic mass is 16.4. The van der Waals surface area contributed by atoms with Crippen LogP contribution in [0, 0.1) is 0 Å². The van der Waals surface area contributed by atoms with Crippen LogP contribution in [0.4, 0.5) is 0 Å². The van der Waals surface area contributed by atoms with Crippen LogP contribution in [-0.4, -0.2) is 26.2 Å². The summed E-state index contributed by atoms with van der Waals surface area (Å²) in [4.78, 5) is 29.2. The average molecular weight is 334 g/mol. The first-order chi connectivity index (χ1) is 12.1. The number of carbonyl (C=O) groups is 1. The van der Waals surface area contributed by atoms with Gasteiger partial charge in [0.15, 0.2) is 0 Å². The minimum absolute atomic E-state index is 0.0556.